The molecular weight excluding hydrogens is 392 g/mol. The number of hydrogen-bond donors (Lipinski definition) is 1. The minimum atomic E-state index is -5.08. The van der Waals surface area contributed by atoms with Gasteiger partial charge >= 0.3 is 6.36 Å². The first-order valence-electron chi connectivity index (χ1n) is 4.07. The number of pyridine rings is 1. The SMILES string of the molecule is COc1cnc(S(N)(=O)=O)c(OC(F)(F)F)c1I. The fourth-order valence-corrected chi connectivity index (χ4v) is 2.50. The van der Waals surface area contributed by atoms with E-state index in [4.69, 9.17) is 9.88 Å². The lowest BCUT2D eigenvalue weighted by molar-refractivity contribution is -0.276. The number of aromatic nitrogens is 1. The highest BCUT2D eigenvalue weighted by molar-refractivity contribution is 14.1. The summed E-state index contributed by atoms with van der Waals surface area (Å²) in [6.07, 6.45) is -4.14. The van der Waals surface area contributed by atoms with E-state index in [9.17, 15) is 21.6 Å². The number of halogens is 4. The Balaban J connectivity index is 3.51. The molecule has 0 saturated carbocycles. The van der Waals surface area contributed by atoms with Crippen molar-refractivity contribution < 1.29 is 31.1 Å². The van der Waals surface area contributed by atoms with Gasteiger partial charge in [0.15, 0.2) is 11.5 Å². The molecule has 6 nitrogen and oxygen atoms in total. The van der Waals surface area contributed by atoms with E-state index in [2.05, 4.69) is 9.72 Å². The molecule has 18 heavy (non-hydrogen) atoms. The third-order valence-corrected chi connectivity index (χ3v) is 3.47. The van der Waals surface area contributed by atoms with Gasteiger partial charge in [0.1, 0.15) is 3.57 Å². The summed E-state index contributed by atoms with van der Waals surface area (Å²) in [4.78, 5) is 3.30. The second kappa shape index (κ2) is 5.05. The maximum atomic E-state index is 12.2. The highest BCUT2D eigenvalue weighted by atomic mass is 127. The average molecular weight is 398 g/mol. The number of ether oxygens (including phenoxy) is 2. The highest BCUT2D eigenvalue weighted by Gasteiger charge is 2.36. The molecule has 0 aliphatic heterocycles. The summed E-state index contributed by atoms with van der Waals surface area (Å²) in [5, 5.41) is 3.75. The Bertz CT molecular complexity index is 561. The first-order valence-corrected chi connectivity index (χ1v) is 6.70. The van der Waals surface area contributed by atoms with Crippen LogP contribution < -0.4 is 14.6 Å². The molecule has 0 saturated heterocycles. The first kappa shape index (κ1) is 15.2. The second-order valence-corrected chi connectivity index (χ2v) is 5.42. The van der Waals surface area contributed by atoms with Gasteiger partial charge in [-0.2, -0.15) is 0 Å². The minimum Gasteiger partial charge on any atom is -0.494 e. The summed E-state index contributed by atoms with van der Waals surface area (Å²) in [5.41, 5.74) is 0. The third kappa shape index (κ3) is 3.58. The summed E-state index contributed by atoms with van der Waals surface area (Å²) in [6, 6.07) is 0. The van der Waals surface area contributed by atoms with Crippen molar-refractivity contribution in [2.75, 3.05) is 7.11 Å². The van der Waals surface area contributed by atoms with Crippen molar-refractivity contribution in [2.45, 2.75) is 11.4 Å². The quantitative estimate of drug-likeness (QED) is 0.774. The summed E-state index contributed by atoms with van der Waals surface area (Å²) in [7, 11) is -3.26. The number of rotatable bonds is 3. The van der Waals surface area contributed by atoms with Gasteiger partial charge in [-0.05, 0) is 22.6 Å². The average Bonchev–Trinajstić information content (AvgIpc) is 2.17. The molecule has 0 bridgehead atoms. The van der Waals surface area contributed by atoms with E-state index in [1.54, 1.807) is 0 Å². The van der Waals surface area contributed by atoms with Crippen molar-refractivity contribution in [1.29, 1.82) is 0 Å². The highest BCUT2D eigenvalue weighted by Crippen LogP contribution is 2.36. The van der Waals surface area contributed by atoms with Gasteiger partial charge in [-0.25, -0.2) is 18.5 Å². The monoisotopic (exact) mass is 398 g/mol. The van der Waals surface area contributed by atoms with Gasteiger partial charge in [-0.3, -0.25) is 0 Å². The predicted octanol–water partition coefficient (Wildman–Crippen LogP) is 1.24. The third-order valence-electron chi connectivity index (χ3n) is 1.62. The summed E-state index contributed by atoms with van der Waals surface area (Å²) >= 11 is 1.44. The lowest BCUT2D eigenvalue weighted by Crippen LogP contribution is -2.23. The fourth-order valence-electron chi connectivity index (χ4n) is 0.987. The maximum absolute atomic E-state index is 12.2. The van der Waals surface area contributed by atoms with Crippen LogP contribution in [0.3, 0.4) is 0 Å². The lowest BCUT2D eigenvalue weighted by Gasteiger charge is -2.14. The van der Waals surface area contributed by atoms with E-state index in [0.29, 0.717) is 0 Å². The molecule has 2 N–H and O–H groups in total. The van der Waals surface area contributed by atoms with Gasteiger partial charge in [0.25, 0.3) is 10.0 Å². The Kier molecular flexibility index (Phi) is 4.27. The largest absolute Gasteiger partial charge is 0.573 e. The van der Waals surface area contributed by atoms with Crippen LogP contribution in [-0.4, -0.2) is 26.9 Å². The van der Waals surface area contributed by atoms with Crippen LogP contribution >= 0.6 is 22.6 Å². The summed E-state index contributed by atoms with van der Waals surface area (Å²) < 4.78 is 67.0. The van der Waals surface area contributed by atoms with Crippen molar-refractivity contribution >= 4 is 32.6 Å². The van der Waals surface area contributed by atoms with Gasteiger partial charge in [0.2, 0.25) is 5.03 Å². The molecule has 1 aromatic rings. The number of primary sulfonamides is 1. The lowest BCUT2D eigenvalue weighted by atomic mass is 10.4. The van der Waals surface area contributed by atoms with Crippen molar-refractivity contribution in [3.05, 3.63) is 9.77 Å². The molecule has 0 aromatic carbocycles. The standard InChI is InChI=1S/C7H6F3IN2O4S/c1-16-3-2-13-6(18(12,14)15)5(4(3)11)17-7(8,9)10/h2H,1H3,(H2,12,14,15). The van der Waals surface area contributed by atoms with Gasteiger partial charge < -0.3 is 9.47 Å². The molecule has 1 aromatic heterocycles. The summed E-state index contributed by atoms with van der Waals surface area (Å²) in [5.74, 6) is -1.08. The predicted molar refractivity (Wildman–Crippen MR) is 61.6 cm³/mol. The molecule has 0 fully saturated rings. The van der Waals surface area contributed by atoms with Crippen molar-refractivity contribution in [2.24, 2.45) is 5.14 Å². The first-order chi connectivity index (χ1) is 8.06. The molecule has 0 spiro atoms. The molecule has 1 heterocycles. The zero-order valence-electron chi connectivity index (χ0n) is 8.66. The molecule has 0 aliphatic carbocycles. The second-order valence-electron chi connectivity index (χ2n) is 2.87. The van der Waals surface area contributed by atoms with E-state index in [0.717, 1.165) is 6.20 Å². The van der Waals surface area contributed by atoms with E-state index >= 15 is 0 Å². The molecule has 0 radical (unpaired) electrons. The molecule has 102 valence electrons. The van der Waals surface area contributed by atoms with Gasteiger partial charge in [-0.15, -0.1) is 13.2 Å². The zero-order valence-corrected chi connectivity index (χ0v) is 11.6. The van der Waals surface area contributed by atoms with Crippen molar-refractivity contribution in [1.82, 2.24) is 4.98 Å². The van der Waals surface area contributed by atoms with E-state index in [1.165, 1.54) is 29.7 Å². The topological polar surface area (TPSA) is 91.5 Å². The number of methoxy groups -OCH3 is 1. The normalized spacial score (nSPS) is 12.3. The molecule has 0 aliphatic rings. The van der Waals surface area contributed by atoms with Crippen LogP contribution in [0.4, 0.5) is 13.2 Å². The number of sulfonamides is 1. The molecular formula is C7H6F3IN2O4S. The molecule has 0 unspecified atom stereocenters. The van der Waals surface area contributed by atoms with Crippen LogP contribution in [0.15, 0.2) is 11.2 Å². The van der Waals surface area contributed by atoms with E-state index in [1.807, 2.05) is 0 Å². The Labute approximate surface area is 113 Å². The van der Waals surface area contributed by atoms with Crippen LogP contribution in [0, 0.1) is 3.57 Å². The van der Waals surface area contributed by atoms with Gasteiger partial charge in [0.05, 0.1) is 13.3 Å². The van der Waals surface area contributed by atoms with Crippen molar-refractivity contribution in [3.63, 3.8) is 0 Å². The Morgan fingerprint density at radius 3 is 2.39 bits per heavy atom. The number of nitrogens with two attached hydrogens (primary N) is 1. The van der Waals surface area contributed by atoms with Crippen LogP contribution in [0.2, 0.25) is 0 Å². The minimum absolute atomic E-state index is 0.0674. The number of hydrogen-bond acceptors (Lipinski definition) is 5. The van der Waals surface area contributed by atoms with Crippen LogP contribution in [0.5, 0.6) is 11.5 Å². The Hall–Kier alpha value is -0.820. The summed E-state index contributed by atoms with van der Waals surface area (Å²) in [6.45, 7) is 0. The molecule has 0 atom stereocenters. The van der Waals surface area contributed by atoms with E-state index in [-0.39, 0.29) is 9.32 Å². The van der Waals surface area contributed by atoms with Crippen LogP contribution in [0.25, 0.3) is 0 Å². The van der Waals surface area contributed by atoms with Crippen molar-refractivity contribution in [3.8, 4) is 11.5 Å². The van der Waals surface area contributed by atoms with Crippen LogP contribution in [-0.2, 0) is 10.0 Å². The number of alkyl halides is 3. The van der Waals surface area contributed by atoms with E-state index < -0.39 is 27.2 Å². The molecule has 1 rings (SSSR count). The molecule has 11 heteroatoms. The zero-order chi connectivity index (χ0) is 14.1. The molecule has 0 amide bonds. The Morgan fingerprint density at radius 2 is 2.00 bits per heavy atom. The van der Waals surface area contributed by atoms with Gasteiger partial charge in [-0.1, -0.05) is 0 Å². The van der Waals surface area contributed by atoms with Gasteiger partial charge in [0, 0.05) is 0 Å². The van der Waals surface area contributed by atoms with Crippen LogP contribution in [0.1, 0.15) is 0 Å². The number of nitrogens with zero attached hydrogens (tertiary/aromatic N) is 1. The maximum Gasteiger partial charge on any atom is 0.573 e. The smallest absolute Gasteiger partial charge is 0.494 e. The fraction of sp³-hybridized carbons (Fsp3) is 0.286. The Morgan fingerprint density at radius 1 is 1.44 bits per heavy atom.